The van der Waals surface area contributed by atoms with E-state index >= 15 is 0 Å². The molecule has 0 spiro atoms. The normalized spacial score (nSPS) is 20.1. The SMILES string of the molecule is Cc1cc(Br)c2c(c1)CC(CO)CO2. The summed E-state index contributed by atoms with van der Waals surface area (Å²) in [4.78, 5) is 0. The minimum absolute atomic E-state index is 0.199. The van der Waals surface area contributed by atoms with E-state index in [1.165, 1.54) is 11.1 Å². The quantitative estimate of drug-likeness (QED) is 0.836. The van der Waals surface area contributed by atoms with Crippen molar-refractivity contribution in [2.45, 2.75) is 13.3 Å². The number of halogens is 1. The van der Waals surface area contributed by atoms with Crippen LogP contribution in [0.3, 0.4) is 0 Å². The zero-order valence-corrected chi connectivity index (χ0v) is 9.67. The molecule has 0 bridgehead atoms. The molecule has 1 aliphatic heterocycles. The van der Waals surface area contributed by atoms with Gasteiger partial charge < -0.3 is 9.84 Å². The summed E-state index contributed by atoms with van der Waals surface area (Å²) in [5.74, 6) is 1.19. The molecule has 1 aromatic rings. The number of rotatable bonds is 1. The Kier molecular flexibility index (Phi) is 2.79. The molecule has 0 saturated carbocycles. The second-order valence-electron chi connectivity index (χ2n) is 3.80. The van der Waals surface area contributed by atoms with E-state index in [9.17, 15) is 0 Å². The van der Waals surface area contributed by atoms with Crippen LogP contribution in [0.1, 0.15) is 11.1 Å². The maximum absolute atomic E-state index is 9.06. The van der Waals surface area contributed by atoms with Gasteiger partial charge in [0.2, 0.25) is 0 Å². The maximum atomic E-state index is 9.06. The van der Waals surface area contributed by atoms with Gasteiger partial charge in [-0.15, -0.1) is 0 Å². The third-order valence-corrected chi connectivity index (χ3v) is 3.08. The van der Waals surface area contributed by atoms with E-state index in [1.54, 1.807) is 0 Å². The van der Waals surface area contributed by atoms with Gasteiger partial charge in [0.15, 0.2) is 0 Å². The molecule has 1 unspecified atom stereocenters. The second-order valence-corrected chi connectivity index (χ2v) is 4.65. The van der Waals surface area contributed by atoms with Crippen LogP contribution in [0.25, 0.3) is 0 Å². The number of benzene rings is 1. The van der Waals surface area contributed by atoms with Crippen molar-refractivity contribution in [2.24, 2.45) is 5.92 Å². The Morgan fingerprint density at radius 3 is 3.07 bits per heavy atom. The molecule has 0 aromatic heterocycles. The van der Waals surface area contributed by atoms with Crippen molar-refractivity contribution in [3.63, 3.8) is 0 Å². The molecule has 0 fully saturated rings. The summed E-state index contributed by atoms with van der Waals surface area (Å²) >= 11 is 3.49. The smallest absolute Gasteiger partial charge is 0.136 e. The molecule has 2 rings (SSSR count). The first-order valence-corrected chi connectivity index (χ1v) is 5.52. The lowest BCUT2D eigenvalue weighted by atomic mass is 9.96. The van der Waals surface area contributed by atoms with Gasteiger partial charge in [-0.3, -0.25) is 0 Å². The average molecular weight is 257 g/mol. The first kappa shape index (κ1) is 9.99. The number of aryl methyl sites for hydroxylation is 1. The molecule has 0 radical (unpaired) electrons. The number of ether oxygens (including phenoxy) is 1. The summed E-state index contributed by atoms with van der Waals surface area (Å²) in [5.41, 5.74) is 2.42. The molecule has 1 heterocycles. The van der Waals surface area contributed by atoms with Gasteiger partial charge in [-0.25, -0.2) is 0 Å². The summed E-state index contributed by atoms with van der Waals surface area (Å²) in [6.45, 7) is 2.88. The monoisotopic (exact) mass is 256 g/mol. The molecule has 0 saturated heterocycles. The van der Waals surface area contributed by atoms with Gasteiger partial charge >= 0.3 is 0 Å². The van der Waals surface area contributed by atoms with E-state index in [2.05, 4.69) is 35.0 Å². The third kappa shape index (κ3) is 1.79. The first-order chi connectivity index (χ1) is 6.70. The number of hydrogen-bond acceptors (Lipinski definition) is 2. The van der Waals surface area contributed by atoms with E-state index in [1.807, 2.05) is 0 Å². The van der Waals surface area contributed by atoms with Gasteiger partial charge in [0.1, 0.15) is 5.75 Å². The molecular weight excluding hydrogens is 244 g/mol. The highest BCUT2D eigenvalue weighted by molar-refractivity contribution is 9.10. The molecule has 1 atom stereocenters. The average Bonchev–Trinajstić information content (AvgIpc) is 2.16. The molecule has 0 aliphatic carbocycles. The van der Waals surface area contributed by atoms with Crippen LogP contribution < -0.4 is 4.74 Å². The highest BCUT2D eigenvalue weighted by Crippen LogP contribution is 2.35. The number of aliphatic hydroxyl groups excluding tert-OH is 1. The van der Waals surface area contributed by atoms with Crippen LogP contribution in [-0.4, -0.2) is 18.3 Å². The zero-order chi connectivity index (χ0) is 10.1. The van der Waals surface area contributed by atoms with Crippen molar-refractivity contribution in [1.29, 1.82) is 0 Å². The van der Waals surface area contributed by atoms with Crippen molar-refractivity contribution < 1.29 is 9.84 Å². The highest BCUT2D eigenvalue weighted by Gasteiger charge is 2.21. The predicted octanol–water partition coefficient (Wildman–Crippen LogP) is 2.30. The van der Waals surface area contributed by atoms with Crippen LogP contribution in [-0.2, 0) is 6.42 Å². The summed E-state index contributed by atoms with van der Waals surface area (Å²) in [7, 11) is 0. The molecular formula is C11H13BrO2. The van der Waals surface area contributed by atoms with Crippen molar-refractivity contribution in [3.8, 4) is 5.75 Å². The van der Waals surface area contributed by atoms with Gasteiger partial charge in [0.25, 0.3) is 0 Å². The fourth-order valence-electron chi connectivity index (χ4n) is 1.80. The molecule has 0 amide bonds. The molecule has 76 valence electrons. The number of hydrogen-bond donors (Lipinski definition) is 1. The molecule has 3 heteroatoms. The summed E-state index contributed by atoms with van der Waals surface area (Å²) in [6, 6.07) is 4.18. The lowest BCUT2D eigenvalue weighted by Crippen LogP contribution is -2.24. The van der Waals surface area contributed by atoms with Crippen LogP contribution in [0, 0.1) is 12.8 Å². The lowest BCUT2D eigenvalue weighted by molar-refractivity contribution is 0.146. The lowest BCUT2D eigenvalue weighted by Gasteiger charge is -2.25. The Labute approximate surface area is 92.0 Å². The first-order valence-electron chi connectivity index (χ1n) is 4.73. The summed E-state index contributed by atoms with van der Waals surface area (Å²) < 4.78 is 6.62. The van der Waals surface area contributed by atoms with Gasteiger partial charge in [-0.05, 0) is 46.5 Å². The standard InChI is InChI=1S/C11H13BrO2/c1-7-2-9-4-8(5-13)6-14-11(9)10(12)3-7/h2-3,8,13H,4-6H2,1H3. The maximum Gasteiger partial charge on any atom is 0.136 e. The van der Waals surface area contributed by atoms with E-state index < -0.39 is 0 Å². The van der Waals surface area contributed by atoms with Crippen molar-refractivity contribution in [3.05, 3.63) is 27.7 Å². The molecule has 1 aromatic carbocycles. The third-order valence-electron chi connectivity index (χ3n) is 2.50. The molecule has 2 nitrogen and oxygen atoms in total. The van der Waals surface area contributed by atoms with E-state index in [0.29, 0.717) is 6.61 Å². The molecule has 14 heavy (non-hydrogen) atoms. The topological polar surface area (TPSA) is 29.5 Å². The fourth-order valence-corrected chi connectivity index (χ4v) is 2.53. The fraction of sp³-hybridized carbons (Fsp3) is 0.455. The Hall–Kier alpha value is -0.540. The minimum atomic E-state index is 0.199. The van der Waals surface area contributed by atoms with Gasteiger partial charge in [-0.1, -0.05) is 6.07 Å². The van der Waals surface area contributed by atoms with Crippen LogP contribution >= 0.6 is 15.9 Å². The van der Waals surface area contributed by atoms with Crippen LogP contribution in [0.4, 0.5) is 0 Å². The van der Waals surface area contributed by atoms with Crippen molar-refractivity contribution in [1.82, 2.24) is 0 Å². The second kappa shape index (κ2) is 3.91. The number of fused-ring (bicyclic) bond motifs is 1. The summed E-state index contributed by atoms with van der Waals surface area (Å²) in [5, 5.41) is 9.06. The van der Waals surface area contributed by atoms with Gasteiger partial charge in [-0.2, -0.15) is 0 Å². The van der Waals surface area contributed by atoms with Crippen LogP contribution in [0.5, 0.6) is 5.75 Å². The number of aliphatic hydroxyl groups is 1. The minimum Gasteiger partial charge on any atom is -0.492 e. The molecule has 1 aliphatic rings. The summed E-state index contributed by atoms with van der Waals surface area (Å²) in [6.07, 6.45) is 0.909. The largest absolute Gasteiger partial charge is 0.492 e. The van der Waals surface area contributed by atoms with E-state index in [-0.39, 0.29) is 12.5 Å². The van der Waals surface area contributed by atoms with Crippen LogP contribution in [0.2, 0.25) is 0 Å². The van der Waals surface area contributed by atoms with Crippen molar-refractivity contribution >= 4 is 15.9 Å². The Morgan fingerprint density at radius 2 is 2.36 bits per heavy atom. The van der Waals surface area contributed by atoms with Gasteiger partial charge in [0, 0.05) is 12.5 Å². The molecule has 1 N–H and O–H groups in total. The van der Waals surface area contributed by atoms with Gasteiger partial charge in [0.05, 0.1) is 11.1 Å². The predicted molar refractivity (Wildman–Crippen MR) is 58.7 cm³/mol. The van der Waals surface area contributed by atoms with E-state index in [0.717, 1.165) is 16.6 Å². The van der Waals surface area contributed by atoms with Crippen molar-refractivity contribution in [2.75, 3.05) is 13.2 Å². The Morgan fingerprint density at radius 1 is 1.57 bits per heavy atom. The Bertz CT molecular complexity index is 349. The Balaban J connectivity index is 2.37. The zero-order valence-electron chi connectivity index (χ0n) is 8.09. The van der Waals surface area contributed by atoms with Crippen LogP contribution in [0.15, 0.2) is 16.6 Å². The van der Waals surface area contributed by atoms with E-state index in [4.69, 9.17) is 9.84 Å². The highest BCUT2D eigenvalue weighted by atomic mass is 79.9.